The number of halogens is 2. The summed E-state index contributed by atoms with van der Waals surface area (Å²) < 4.78 is 1.64. The fourth-order valence-electron chi connectivity index (χ4n) is 1.09. The summed E-state index contributed by atoms with van der Waals surface area (Å²) in [6, 6.07) is 5.42. The number of aliphatic hydroxyl groups excluding tert-OH is 1. The maximum absolute atomic E-state index is 11.8. The zero-order valence-electron chi connectivity index (χ0n) is 9.20. The smallest absolute Gasteiger partial charge is 0.252 e. The lowest BCUT2D eigenvalue weighted by Crippen LogP contribution is -2.43. The van der Waals surface area contributed by atoms with Gasteiger partial charge in [-0.1, -0.05) is 0 Å². The first kappa shape index (κ1) is 14.9. The minimum atomic E-state index is -1.30. The van der Waals surface area contributed by atoms with Crippen LogP contribution in [0.1, 0.15) is 17.3 Å². The van der Waals surface area contributed by atoms with Crippen LogP contribution >= 0.6 is 38.5 Å². The molecule has 0 spiro atoms. The molecule has 1 aromatic rings. The van der Waals surface area contributed by atoms with Crippen molar-refractivity contribution in [3.63, 3.8) is 0 Å². The number of benzene rings is 1. The van der Waals surface area contributed by atoms with Gasteiger partial charge in [-0.2, -0.15) is 0 Å². The van der Waals surface area contributed by atoms with Crippen LogP contribution in [-0.2, 0) is 0 Å². The molecule has 0 aliphatic carbocycles. The van der Waals surface area contributed by atoms with Crippen molar-refractivity contribution in [1.29, 1.82) is 0 Å². The first-order valence-corrected chi connectivity index (χ1v) is 6.79. The largest absolute Gasteiger partial charge is 0.393 e. The molecule has 0 aliphatic heterocycles. The number of amides is 1. The third-order valence-corrected chi connectivity index (χ3v) is 3.51. The van der Waals surface area contributed by atoms with E-state index < -0.39 is 12.2 Å². The fourth-order valence-corrected chi connectivity index (χ4v) is 2.01. The van der Waals surface area contributed by atoms with E-state index in [4.69, 9.17) is 5.11 Å². The molecule has 94 valence electrons. The van der Waals surface area contributed by atoms with Crippen LogP contribution in [0.2, 0.25) is 0 Å². The zero-order valence-corrected chi connectivity index (χ0v) is 12.9. The molecule has 0 heterocycles. The lowest BCUT2D eigenvalue weighted by molar-refractivity contribution is 0.00319. The van der Waals surface area contributed by atoms with E-state index in [9.17, 15) is 9.90 Å². The molecular weight excluding hydrogens is 401 g/mol. The Bertz CT molecular complexity index is 423. The molecule has 0 fully saturated rings. The first-order valence-electron chi connectivity index (χ1n) is 4.92. The van der Waals surface area contributed by atoms with Gasteiger partial charge in [0.25, 0.3) is 5.91 Å². The van der Waals surface area contributed by atoms with Crippen LogP contribution in [0.5, 0.6) is 0 Å². The van der Waals surface area contributed by atoms with E-state index in [1.165, 1.54) is 6.92 Å². The Morgan fingerprint density at radius 3 is 2.82 bits per heavy atom. The number of nitrogens with one attached hydrogen (secondary N) is 1. The molecule has 0 radical (unpaired) electrons. The van der Waals surface area contributed by atoms with Crippen molar-refractivity contribution in [1.82, 2.24) is 5.32 Å². The van der Waals surface area contributed by atoms with Gasteiger partial charge in [0.15, 0.2) is 0 Å². The van der Waals surface area contributed by atoms with Crippen molar-refractivity contribution in [3.05, 3.63) is 31.8 Å². The fraction of sp³-hybridized carbons (Fsp3) is 0.364. The highest BCUT2D eigenvalue weighted by Crippen LogP contribution is 2.19. The second kappa shape index (κ2) is 6.12. The molecule has 0 bridgehead atoms. The Kier molecular flexibility index (Phi) is 5.36. The van der Waals surface area contributed by atoms with Gasteiger partial charge in [-0.3, -0.25) is 4.79 Å². The SMILES string of the molecule is CC(O)(CO)CNC(=O)c1cc(I)ccc1Br. The molecule has 1 aromatic carbocycles. The number of carbonyl (C=O) groups is 1. The maximum atomic E-state index is 11.8. The molecule has 0 saturated heterocycles. The number of hydrogen-bond donors (Lipinski definition) is 3. The van der Waals surface area contributed by atoms with Crippen LogP contribution in [-0.4, -0.2) is 34.9 Å². The predicted molar refractivity (Wildman–Crippen MR) is 76.9 cm³/mol. The van der Waals surface area contributed by atoms with Gasteiger partial charge in [-0.05, 0) is 63.6 Å². The van der Waals surface area contributed by atoms with Gasteiger partial charge in [0.05, 0.1) is 12.2 Å². The van der Waals surface area contributed by atoms with Crippen molar-refractivity contribution < 1.29 is 15.0 Å². The normalized spacial score (nSPS) is 14.2. The Morgan fingerprint density at radius 1 is 1.59 bits per heavy atom. The number of hydrogen-bond acceptors (Lipinski definition) is 3. The van der Waals surface area contributed by atoms with Gasteiger partial charge in [0.1, 0.15) is 5.60 Å². The standard InChI is InChI=1S/C11H13BrINO3/c1-11(17,6-15)5-14-10(16)8-4-7(13)2-3-9(8)12/h2-4,15,17H,5-6H2,1H3,(H,14,16). The second-order valence-electron chi connectivity index (χ2n) is 3.96. The van der Waals surface area contributed by atoms with Gasteiger partial charge < -0.3 is 15.5 Å². The minimum Gasteiger partial charge on any atom is -0.393 e. The van der Waals surface area contributed by atoms with E-state index in [1.807, 2.05) is 6.07 Å². The van der Waals surface area contributed by atoms with Crippen LogP contribution < -0.4 is 5.32 Å². The van der Waals surface area contributed by atoms with Crippen molar-refractivity contribution in [2.45, 2.75) is 12.5 Å². The number of rotatable bonds is 4. The third-order valence-electron chi connectivity index (χ3n) is 2.14. The van der Waals surface area contributed by atoms with E-state index in [2.05, 4.69) is 43.8 Å². The topological polar surface area (TPSA) is 69.6 Å². The summed E-state index contributed by atoms with van der Waals surface area (Å²) in [7, 11) is 0. The van der Waals surface area contributed by atoms with Crippen molar-refractivity contribution in [2.24, 2.45) is 0 Å². The monoisotopic (exact) mass is 413 g/mol. The average Bonchev–Trinajstić information content (AvgIpc) is 2.29. The molecule has 1 atom stereocenters. The molecule has 0 aliphatic rings. The lowest BCUT2D eigenvalue weighted by Gasteiger charge is -2.20. The van der Waals surface area contributed by atoms with Gasteiger partial charge in [-0.15, -0.1) is 0 Å². The van der Waals surface area contributed by atoms with E-state index in [0.29, 0.717) is 10.0 Å². The Labute approximate surface area is 122 Å². The summed E-state index contributed by atoms with van der Waals surface area (Å²) in [5.41, 5.74) is -0.796. The van der Waals surface area contributed by atoms with Gasteiger partial charge in [-0.25, -0.2) is 0 Å². The van der Waals surface area contributed by atoms with Gasteiger partial charge in [0.2, 0.25) is 0 Å². The van der Waals surface area contributed by atoms with E-state index in [0.717, 1.165) is 3.57 Å². The highest BCUT2D eigenvalue weighted by Gasteiger charge is 2.20. The molecule has 0 saturated carbocycles. The van der Waals surface area contributed by atoms with Crippen LogP contribution in [0.15, 0.2) is 22.7 Å². The molecule has 4 nitrogen and oxygen atoms in total. The Hall–Kier alpha value is -0.180. The number of aliphatic hydroxyl groups is 2. The van der Waals surface area contributed by atoms with Crippen LogP contribution in [0, 0.1) is 3.57 Å². The molecule has 0 aromatic heterocycles. The van der Waals surface area contributed by atoms with Crippen LogP contribution in [0.25, 0.3) is 0 Å². The average molecular weight is 414 g/mol. The summed E-state index contributed by atoms with van der Waals surface area (Å²) in [6.45, 7) is 1.05. The van der Waals surface area contributed by atoms with Gasteiger partial charge in [0, 0.05) is 14.6 Å². The summed E-state index contributed by atoms with van der Waals surface area (Å²) in [6.07, 6.45) is 0. The summed E-state index contributed by atoms with van der Waals surface area (Å²) in [5, 5.41) is 21.0. The summed E-state index contributed by atoms with van der Waals surface area (Å²) in [5.74, 6) is -0.288. The molecule has 1 rings (SSSR count). The highest BCUT2D eigenvalue weighted by molar-refractivity contribution is 14.1. The Balaban J connectivity index is 2.74. The highest BCUT2D eigenvalue weighted by atomic mass is 127. The van der Waals surface area contributed by atoms with Crippen molar-refractivity contribution in [3.8, 4) is 0 Å². The third kappa shape index (κ3) is 4.53. The van der Waals surface area contributed by atoms with Crippen LogP contribution in [0.3, 0.4) is 0 Å². The number of carbonyl (C=O) groups excluding carboxylic acids is 1. The predicted octanol–water partition coefficient (Wildman–Crippen LogP) is 1.53. The molecule has 17 heavy (non-hydrogen) atoms. The summed E-state index contributed by atoms with van der Waals surface area (Å²) >= 11 is 5.41. The minimum absolute atomic E-state index is 0.000245. The zero-order chi connectivity index (χ0) is 13.1. The van der Waals surface area contributed by atoms with E-state index >= 15 is 0 Å². The van der Waals surface area contributed by atoms with E-state index in [1.54, 1.807) is 12.1 Å². The summed E-state index contributed by atoms with van der Waals surface area (Å²) in [4.78, 5) is 11.8. The molecule has 1 unspecified atom stereocenters. The van der Waals surface area contributed by atoms with Crippen molar-refractivity contribution >= 4 is 44.4 Å². The lowest BCUT2D eigenvalue weighted by atomic mass is 10.1. The van der Waals surface area contributed by atoms with E-state index in [-0.39, 0.29) is 12.5 Å². The maximum Gasteiger partial charge on any atom is 0.252 e. The first-order chi connectivity index (χ1) is 7.85. The van der Waals surface area contributed by atoms with Crippen LogP contribution in [0.4, 0.5) is 0 Å². The van der Waals surface area contributed by atoms with Gasteiger partial charge >= 0.3 is 0 Å². The quantitative estimate of drug-likeness (QED) is 0.655. The Morgan fingerprint density at radius 2 is 2.24 bits per heavy atom. The van der Waals surface area contributed by atoms with Crippen molar-refractivity contribution in [2.75, 3.05) is 13.2 Å². The molecular formula is C11H13BrINO3. The molecule has 1 amide bonds. The molecule has 6 heteroatoms. The molecule has 3 N–H and O–H groups in total. The second-order valence-corrected chi connectivity index (χ2v) is 6.06.